The van der Waals surface area contributed by atoms with Crippen LogP contribution in [0.15, 0.2) is 24.5 Å². The third-order valence-corrected chi connectivity index (χ3v) is 5.02. The molecular weight excluding hydrogens is 350 g/mol. The number of carbonyl (C=O) groups excluding carboxylic acids is 2. The molecule has 3 heterocycles. The Bertz CT molecular complexity index is 938. The van der Waals surface area contributed by atoms with Crippen LogP contribution in [0.3, 0.4) is 0 Å². The largest absolute Gasteiger partial charge is 0.479 e. The highest BCUT2D eigenvalue weighted by Gasteiger charge is 2.38. The quantitative estimate of drug-likeness (QED) is 0.748. The number of fused-ring (bicyclic) bond motifs is 1. The van der Waals surface area contributed by atoms with E-state index in [0.29, 0.717) is 36.5 Å². The molecule has 0 radical (unpaired) electrons. The SMILES string of the molecule is Cc1ccc(C(=O)N2CCc3[nH]cnc3C2C(=O)O)cc1N1CCNC1=O. The normalized spacial score (nSPS) is 19.0. The van der Waals surface area contributed by atoms with Crippen molar-refractivity contribution in [2.75, 3.05) is 24.5 Å². The van der Waals surface area contributed by atoms with Gasteiger partial charge in [0, 0.05) is 43.0 Å². The molecule has 1 unspecified atom stereocenters. The van der Waals surface area contributed by atoms with E-state index >= 15 is 0 Å². The molecule has 0 bridgehead atoms. The molecule has 1 saturated heterocycles. The number of carboxylic acids is 1. The van der Waals surface area contributed by atoms with Crippen LogP contribution in [0.2, 0.25) is 0 Å². The van der Waals surface area contributed by atoms with Gasteiger partial charge in [-0.1, -0.05) is 6.07 Å². The highest BCUT2D eigenvalue weighted by Crippen LogP contribution is 2.30. The topological polar surface area (TPSA) is 119 Å². The van der Waals surface area contributed by atoms with E-state index in [1.54, 1.807) is 23.1 Å². The summed E-state index contributed by atoms with van der Waals surface area (Å²) in [4.78, 5) is 46.9. The summed E-state index contributed by atoms with van der Waals surface area (Å²) < 4.78 is 0. The van der Waals surface area contributed by atoms with E-state index in [-0.39, 0.29) is 12.6 Å². The van der Waals surface area contributed by atoms with Crippen LogP contribution in [0, 0.1) is 6.92 Å². The molecule has 2 aliphatic rings. The summed E-state index contributed by atoms with van der Waals surface area (Å²) in [6, 6.07) is 3.75. The molecule has 9 heteroatoms. The van der Waals surface area contributed by atoms with Crippen LogP contribution in [0.25, 0.3) is 0 Å². The molecule has 0 aliphatic carbocycles. The highest BCUT2D eigenvalue weighted by molar-refractivity contribution is 6.00. The Labute approximate surface area is 155 Å². The molecule has 9 nitrogen and oxygen atoms in total. The molecular formula is C18H19N5O4. The fourth-order valence-corrected chi connectivity index (χ4v) is 3.65. The molecule has 1 aromatic heterocycles. The van der Waals surface area contributed by atoms with Gasteiger partial charge < -0.3 is 20.3 Å². The van der Waals surface area contributed by atoms with Gasteiger partial charge in [0.1, 0.15) is 0 Å². The van der Waals surface area contributed by atoms with Crippen molar-refractivity contribution in [2.45, 2.75) is 19.4 Å². The Balaban J connectivity index is 1.68. The van der Waals surface area contributed by atoms with Crippen molar-refractivity contribution >= 4 is 23.6 Å². The lowest BCUT2D eigenvalue weighted by Crippen LogP contribution is -2.43. The van der Waals surface area contributed by atoms with E-state index in [4.69, 9.17) is 0 Å². The van der Waals surface area contributed by atoms with Gasteiger partial charge in [0.15, 0.2) is 6.04 Å². The van der Waals surface area contributed by atoms with E-state index in [1.807, 2.05) is 6.92 Å². The number of carboxylic acid groups (broad SMARTS) is 1. The number of imidazole rings is 1. The summed E-state index contributed by atoms with van der Waals surface area (Å²) in [6.07, 6.45) is 1.96. The van der Waals surface area contributed by atoms with Crippen LogP contribution in [0.4, 0.5) is 10.5 Å². The molecule has 3 N–H and O–H groups in total. The first-order chi connectivity index (χ1) is 13.0. The third-order valence-electron chi connectivity index (χ3n) is 5.02. The van der Waals surface area contributed by atoms with Gasteiger partial charge in [-0.15, -0.1) is 0 Å². The number of benzene rings is 1. The van der Waals surface area contributed by atoms with E-state index < -0.39 is 17.9 Å². The number of aliphatic carboxylic acids is 1. The number of aromatic amines is 1. The van der Waals surface area contributed by atoms with E-state index in [1.165, 1.54) is 11.2 Å². The van der Waals surface area contributed by atoms with Gasteiger partial charge in [-0.25, -0.2) is 14.6 Å². The van der Waals surface area contributed by atoms with Crippen molar-refractivity contribution in [1.29, 1.82) is 0 Å². The predicted octanol–water partition coefficient (Wildman–Crippen LogP) is 1.07. The summed E-state index contributed by atoms with van der Waals surface area (Å²) in [5.74, 6) is -1.51. The molecule has 27 heavy (non-hydrogen) atoms. The lowest BCUT2D eigenvalue weighted by molar-refractivity contribution is -0.143. The van der Waals surface area contributed by atoms with Gasteiger partial charge in [0.05, 0.1) is 12.0 Å². The van der Waals surface area contributed by atoms with Crippen LogP contribution >= 0.6 is 0 Å². The number of amides is 3. The molecule has 2 aromatic rings. The van der Waals surface area contributed by atoms with Crippen LogP contribution in [-0.4, -0.2) is 57.5 Å². The zero-order chi connectivity index (χ0) is 19.1. The van der Waals surface area contributed by atoms with Crippen molar-refractivity contribution < 1.29 is 19.5 Å². The van der Waals surface area contributed by atoms with Gasteiger partial charge in [0.2, 0.25) is 0 Å². The number of urea groups is 1. The lowest BCUT2D eigenvalue weighted by atomic mass is 10.0. The molecule has 1 atom stereocenters. The molecule has 3 amide bonds. The summed E-state index contributed by atoms with van der Waals surface area (Å²) >= 11 is 0. The molecule has 0 saturated carbocycles. The Hall–Kier alpha value is -3.36. The maximum atomic E-state index is 13.1. The fourth-order valence-electron chi connectivity index (χ4n) is 3.65. The minimum absolute atomic E-state index is 0.203. The number of aromatic nitrogens is 2. The maximum Gasteiger partial charge on any atom is 0.332 e. The second kappa shape index (κ2) is 6.42. The summed E-state index contributed by atoms with van der Waals surface area (Å²) in [5, 5.41) is 12.4. The van der Waals surface area contributed by atoms with Gasteiger partial charge in [0.25, 0.3) is 5.91 Å². The number of nitrogens with zero attached hydrogens (tertiary/aromatic N) is 3. The minimum atomic E-state index is -1.13. The Morgan fingerprint density at radius 2 is 2.11 bits per heavy atom. The third kappa shape index (κ3) is 2.80. The van der Waals surface area contributed by atoms with E-state index in [0.717, 1.165) is 11.3 Å². The van der Waals surface area contributed by atoms with Gasteiger partial charge in [-0.3, -0.25) is 9.69 Å². The van der Waals surface area contributed by atoms with Crippen LogP contribution in [0.5, 0.6) is 0 Å². The number of rotatable bonds is 3. The second-order valence-corrected chi connectivity index (χ2v) is 6.64. The van der Waals surface area contributed by atoms with Crippen molar-refractivity contribution in [3.63, 3.8) is 0 Å². The molecule has 1 aromatic carbocycles. The van der Waals surface area contributed by atoms with Crippen LogP contribution in [0.1, 0.15) is 33.4 Å². The molecule has 140 valence electrons. The fraction of sp³-hybridized carbons (Fsp3) is 0.333. The average molecular weight is 369 g/mol. The maximum absolute atomic E-state index is 13.1. The Morgan fingerprint density at radius 1 is 1.30 bits per heavy atom. The smallest absolute Gasteiger partial charge is 0.332 e. The molecule has 0 spiro atoms. The first-order valence-corrected chi connectivity index (χ1v) is 8.69. The van der Waals surface area contributed by atoms with Crippen molar-refractivity contribution in [1.82, 2.24) is 20.2 Å². The summed E-state index contributed by atoms with van der Waals surface area (Å²) in [5.41, 5.74) is 2.98. The molecule has 1 fully saturated rings. The minimum Gasteiger partial charge on any atom is -0.479 e. The summed E-state index contributed by atoms with van der Waals surface area (Å²) in [6.45, 7) is 3.21. The second-order valence-electron chi connectivity index (χ2n) is 6.64. The van der Waals surface area contributed by atoms with E-state index in [9.17, 15) is 19.5 Å². The van der Waals surface area contributed by atoms with Crippen molar-refractivity contribution in [3.8, 4) is 0 Å². The zero-order valence-electron chi connectivity index (χ0n) is 14.7. The monoisotopic (exact) mass is 369 g/mol. The molecule has 4 rings (SSSR count). The van der Waals surface area contributed by atoms with Crippen LogP contribution < -0.4 is 10.2 Å². The first-order valence-electron chi connectivity index (χ1n) is 8.69. The molecule has 2 aliphatic heterocycles. The summed E-state index contributed by atoms with van der Waals surface area (Å²) in [7, 11) is 0. The van der Waals surface area contributed by atoms with E-state index in [2.05, 4.69) is 15.3 Å². The first kappa shape index (κ1) is 17.1. The average Bonchev–Trinajstić information content (AvgIpc) is 3.29. The lowest BCUT2D eigenvalue weighted by Gasteiger charge is -2.32. The Morgan fingerprint density at radius 3 is 2.81 bits per heavy atom. The number of anilines is 1. The van der Waals surface area contributed by atoms with Gasteiger partial charge >= 0.3 is 12.0 Å². The van der Waals surface area contributed by atoms with Gasteiger partial charge in [-0.05, 0) is 24.6 Å². The number of H-pyrrole nitrogens is 1. The van der Waals surface area contributed by atoms with Crippen LogP contribution in [-0.2, 0) is 11.2 Å². The Kier molecular flexibility index (Phi) is 4.06. The standard InChI is InChI=1S/C18H19N5O4/c1-10-2-3-11(8-13(10)22-7-5-19-18(22)27)16(24)23-6-4-12-14(21-9-20-12)15(23)17(25)26/h2-3,8-9,15H,4-7H2,1H3,(H,19,27)(H,20,21)(H,25,26). The number of nitrogens with one attached hydrogen (secondary N) is 2. The van der Waals surface area contributed by atoms with Crippen molar-refractivity contribution in [3.05, 3.63) is 47.0 Å². The zero-order valence-corrected chi connectivity index (χ0v) is 14.7. The van der Waals surface area contributed by atoms with Gasteiger partial charge in [-0.2, -0.15) is 0 Å². The predicted molar refractivity (Wildman–Crippen MR) is 95.6 cm³/mol. The number of carbonyl (C=O) groups is 3. The van der Waals surface area contributed by atoms with Crippen molar-refractivity contribution in [2.24, 2.45) is 0 Å². The number of aryl methyl sites for hydroxylation is 1. The number of hydrogen-bond acceptors (Lipinski definition) is 4. The number of hydrogen-bond donors (Lipinski definition) is 3. The highest BCUT2D eigenvalue weighted by atomic mass is 16.4.